The molecule has 0 saturated heterocycles. The Balaban J connectivity index is 1.60. The van der Waals surface area contributed by atoms with Gasteiger partial charge >= 0.3 is 0 Å². The minimum Gasteiger partial charge on any atom is -0.356 e. The van der Waals surface area contributed by atoms with Crippen LogP contribution in [0.3, 0.4) is 0 Å². The fourth-order valence-corrected chi connectivity index (χ4v) is 2.46. The zero-order valence-electron chi connectivity index (χ0n) is 14.0. The summed E-state index contributed by atoms with van der Waals surface area (Å²) >= 11 is 0. The predicted molar refractivity (Wildman–Crippen MR) is 95.4 cm³/mol. The minimum atomic E-state index is -0.253. The monoisotopic (exact) mass is 324 g/mol. The van der Waals surface area contributed by atoms with Gasteiger partial charge in [-0.05, 0) is 30.9 Å². The Hall–Kier alpha value is -2.62. The van der Waals surface area contributed by atoms with Crippen molar-refractivity contribution in [3.05, 3.63) is 71.3 Å². The van der Waals surface area contributed by atoms with E-state index in [1.165, 1.54) is 5.56 Å². The van der Waals surface area contributed by atoms with Gasteiger partial charge in [-0.1, -0.05) is 60.2 Å². The van der Waals surface area contributed by atoms with Crippen molar-refractivity contribution < 1.29 is 9.59 Å². The number of benzene rings is 2. The molecule has 0 heterocycles. The molecular weight excluding hydrogens is 300 g/mol. The van der Waals surface area contributed by atoms with Gasteiger partial charge < -0.3 is 10.6 Å². The summed E-state index contributed by atoms with van der Waals surface area (Å²) in [6.07, 6.45) is 1.65. The summed E-state index contributed by atoms with van der Waals surface area (Å²) in [5, 5.41) is 5.56. The van der Waals surface area contributed by atoms with Gasteiger partial charge in [-0.2, -0.15) is 0 Å². The highest BCUT2D eigenvalue weighted by Gasteiger charge is 2.08. The Labute approximate surface area is 143 Å². The van der Waals surface area contributed by atoms with E-state index in [1.54, 1.807) is 0 Å². The highest BCUT2D eigenvalue weighted by Crippen LogP contribution is 2.03. The summed E-state index contributed by atoms with van der Waals surface area (Å²) in [7, 11) is 0. The Morgan fingerprint density at radius 3 is 2.33 bits per heavy atom. The van der Waals surface area contributed by atoms with Crippen LogP contribution in [0.2, 0.25) is 0 Å². The molecule has 24 heavy (non-hydrogen) atoms. The van der Waals surface area contributed by atoms with Gasteiger partial charge in [0.1, 0.15) is 6.42 Å². The molecule has 0 aliphatic heterocycles. The largest absolute Gasteiger partial charge is 0.356 e. The van der Waals surface area contributed by atoms with Crippen LogP contribution in [0, 0.1) is 6.92 Å². The third kappa shape index (κ3) is 6.65. The summed E-state index contributed by atoms with van der Waals surface area (Å²) in [4.78, 5) is 23.6. The smallest absolute Gasteiger partial charge is 0.229 e. The second kappa shape index (κ2) is 9.50. The lowest BCUT2D eigenvalue weighted by molar-refractivity contribution is -0.129. The van der Waals surface area contributed by atoms with Gasteiger partial charge in [0.15, 0.2) is 0 Å². The second-order valence-corrected chi connectivity index (χ2v) is 5.88. The van der Waals surface area contributed by atoms with Crippen molar-refractivity contribution >= 4 is 11.8 Å². The number of aryl methyl sites for hydroxylation is 2. The molecule has 0 aromatic heterocycles. The van der Waals surface area contributed by atoms with Crippen LogP contribution in [0.4, 0.5) is 0 Å². The highest BCUT2D eigenvalue weighted by atomic mass is 16.2. The Bertz CT molecular complexity index is 668. The number of carbonyl (C=O) groups is 2. The maximum atomic E-state index is 11.8. The molecule has 2 amide bonds. The van der Waals surface area contributed by atoms with Crippen molar-refractivity contribution in [2.75, 3.05) is 6.54 Å². The molecule has 0 fully saturated rings. The molecule has 4 nitrogen and oxygen atoms in total. The maximum Gasteiger partial charge on any atom is 0.229 e. The van der Waals surface area contributed by atoms with Crippen molar-refractivity contribution in [3.8, 4) is 0 Å². The van der Waals surface area contributed by atoms with Gasteiger partial charge in [0, 0.05) is 13.1 Å². The molecule has 0 aliphatic carbocycles. The first-order valence-electron chi connectivity index (χ1n) is 8.26. The van der Waals surface area contributed by atoms with Crippen LogP contribution < -0.4 is 10.6 Å². The normalized spacial score (nSPS) is 10.2. The molecule has 0 spiro atoms. The Morgan fingerprint density at radius 1 is 0.875 bits per heavy atom. The molecule has 4 heteroatoms. The van der Waals surface area contributed by atoms with Gasteiger partial charge in [0.25, 0.3) is 0 Å². The number of amides is 2. The van der Waals surface area contributed by atoms with Gasteiger partial charge in [-0.15, -0.1) is 0 Å². The molecule has 2 N–H and O–H groups in total. The van der Waals surface area contributed by atoms with E-state index in [9.17, 15) is 9.59 Å². The average molecular weight is 324 g/mol. The molecule has 0 unspecified atom stereocenters. The highest BCUT2D eigenvalue weighted by molar-refractivity contribution is 5.96. The summed E-state index contributed by atoms with van der Waals surface area (Å²) in [6.45, 7) is 3.04. The van der Waals surface area contributed by atoms with Crippen LogP contribution in [0.15, 0.2) is 54.6 Å². The molecule has 0 radical (unpaired) electrons. The molecule has 2 aromatic carbocycles. The number of rotatable bonds is 8. The Morgan fingerprint density at radius 2 is 1.58 bits per heavy atom. The third-order valence-corrected chi connectivity index (χ3v) is 3.70. The first kappa shape index (κ1) is 17.7. The standard InChI is InChI=1S/C20H24N2O2/c1-16-7-5-10-18(13-16)15-22-20(24)14-19(23)21-12-6-11-17-8-3-2-4-9-17/h2-5,7-10,13H,6,11-12,14-15H2,1H3,(H,21,23)(H,22,24). The van der Waals surface area contributed by atoms with E-state index >= 15 is 0 Å². The number of carbonyl (C=O) groups excluding carboxylic acids is 2. The zero-order valence-corrected chi connectivity index (χ0v) is 14.0. The SMILES string of the molecule is Cc1cccc(CNC(=O)CC(=O)NCCCc2ccccc2)c1. The summed E-state index contributed by atoms with van der Waals surface area (Å²) in [5.74, 6) is -0.484. The lowest BCUT2D eigenvalue weighted by Crippen LogP contribution is -2.32. The van der Waals surface area contributed by atoms with Crippen molar-refractivity contribution in [1.29, 1.82) is 0 Å². The lowest BCUT2D eigenvalue weighted by atomic mass is 10.1. The van der Waals surface area contributed by atoms with Crippen LogP contribution in [0.25, 0.3) is 0 Å². The average Bonchev–Trinajstić information content (AvgIpc) is 2.58. The van der Waals surface area contributed by atoms with E-state index in [1.807, 2.05) is 49.4 Å². The van der Waals surface area contributed by atoms with Crippen molar-refractivity contribution in [1.82, 2.24) is 10.6 Å². The molecule has 0 bridgehead atoms. The molecule has 126 valence electrons. The van der Waals surface area contributed by atoms with Gasteiger partial charge in [-0.25, -0.2) is 0 Å². The van der Waals surface area contributed by atoms with E-state index in [0.29, 0.717) is 13.1 Å². The number of hydrogen-bond acceptors (Lipinski definition) is 2. The van der Waals surface area contributed by atoms with Crippen molar-refractivity contribution in [2.24, 2.45) is 0 Å². The summed E-state index contributed by atoms with van der Waals surface area (Å²) < 4.78 is 0. The van der Waals surface area contributed by atoms with Gasteiger partial charge in [-0.3, -0.25) is 9.59 Å². The van der Waals surface area contributed by atoms with Crippen LogP contribution in [-0.2, 0) is 22.6 Å². The van der Waals surface area contributed by atoms with E-state index in [4.69, 9.17) is 0 Å². The first-order chi connectivity index (χ1) is 11.6. The van der Waals surface area contributed by atoms with Crippen LogP contribution in [0.1, 0.15) is 29.5 Å². The number of nitrogens with one attached hydrogen (secondary N) is 2. The fraction of sp³-hybridized carbons (Fsp3) is 0.300. The predicted octanol–water partition coefficient (Wildman–Crippen LogP) is 2.75. The first-order valence-corrected chi connectivity index (χ1v) is 8.26. The fourth-order valence-electron chi connectivity index (χ4n) is 2.46. The molecule has 0 saturated carbocycles. The molecule has 2 rings (SSSR count). The molecule has 0 aliphatic rings. The van der Waals surface area contributed by atoms with E-state index in [-0.39, 0.29) is 18.2 Å². The van der Waals surface area contributed by atoms with E-state index in [0.717, 1.165) is 24.0 Å². The quantitative estimate of drug-likeness (QED) is 0.579. The molecule has 2 aromatic rings. The van der Waals surface area contributed by atoms with Crippen molar-refractivity contribution in [2.45, 2.75) is 32.7 Å². The van der Waals surface area contributed by atoms with Crippen LogP contribution in [-0.4, -0.2) is 18.4 Å². The van der Waals surface area contributed by atoms with Gasteiger partial charge in [0.05, 0.1) is 0 Å². The van der Waals surface area contributed by atoms with Crippen molar-refractivity contribution in [3.63, 3.8) is 0 Å². The lowest BCUT2D eigenvalue weighted by Gasteiger charge is -2.07. The van der Waals surface area contributed by atoms with Gasteiger partial charge in [0.2, 0.25) is 11.8 Å². The van der Waals surface area contributed by atoms with Crippen LogP contribution in [0.5, 0.6) is 0 Å². The summed E-state index contributed by atoms with van der Waals surface area (Å²) in [5.41, 5.74) is 3.44. The Kier molecular flexibility index (Phi) is 7.02. The van der Waals surface area contributed by atoms with E-state index < -0.39 is 0 Å². The number of hydrogen-bond donors (Lipinski definition) is 2. The minimum absolute atomic E-state index is 0.128. The van der Waals surface area contributed by atoms with Crippen LogP contribution >= 0.6 is 0 Å². The molecular formula is C20H24N2O2. The topological polar surface area (TPSA) is 58.2 Å². The zero-order chi connectivity index (χ0) is 17.2. The maximum absolute atomic E-state index is 11.8. The molecule has 0 atom stereocenters. The van der Waals surface area contributed by atoms with E-state index in [2.05, 4.69) is 22.8 Å². The second-order valence-electron chi connectivity index (χ2n) is 5.88. The summed E-state index contributed by atoms with van der Waals surface area (Å²) in [6, 6.07) is 18.1. The third-order valence-electron chi connectivity index (χ3n) is 3.70.